The Morgan fingerprint density at radius 3 is 2.50 bits per heavy atom. The molecule has 5 nitrogen and oxygen atoms in total. The normalized spacial score (nSPS) is 12.1. The molecule has 0 radical (unpaired) electrons. The van der Waals surface area contributed by atoms with Gasteiger partial charge in [-0.1, -0.05) is 0 Å². The second-order valence-corrected chi connectivity index (χ2v) is 6.71. The van der Waals surface area contributed by atoms with Gasteiger partial charge in [0, 0.05) is 25.2 Å². The minimum Gasteiger partial charge on any atom is -0.316 e. The zero-order valence-corrected chi connectivity index (χ0v) is 13.1. The molecule has 1 aromatic rings. The van der Waals surface area contributed by atoms with E-state index in [0.717, 1.165) is 0 Å². The third kappa shape index (κ3) is 4.52. The first-order valence-corrected chi connectivity index (χ1v) is 7.84. The fourth-order valence-electron chi connectivity index (χ4n) is 1.77. The van der Waals surface area contributed by atoms with Crippen molar-refractivity contribution in [3.05, 3.63) is 29.1 Å². The van der Waals surface area contributed by atoms with Crippen LogP contribution in [0.3, 0.4) is 0 Å². The lowest BCUT2D eigenvalue weighted by Crippen LogP contribution is -2.31. The zero-order valence-electron chi connectivity index (χ0n) is 12.3. The summed E-state index contributed by atoms with van der Waals surface area (Å²) in [4.78, 5) is 1.98. The van der Waals surface area contributed by atoms with Crippen LogP contribution in [0.2, 0.25) is 0 Å². The molecule has 0 unspecified atom stereocenters. The van der Waals surface area contributed by atoms with Crippen LogP contribution >= 0.6 is 0 Å². The van der Waals surface area contributed by atoms with Crippen molar-refractivity contribution in [1.29, 1.82) is 0 Å². The van der Waals surface area contributed by atoms with Gasteiger partial charge >= 0.3 is 0 Å². The topological polar surface area (TPSA) is 61.4 Å². The quantitative estimate of drug-likeness (QED) is 0.778. The van der Waals surface area contributed by atoms with Crippen molar-refractivity contribution in [2.75, 3.05) is 34.2 Å². The summed E-state index contributed by atoms with van der Waals surface area (Å²) in [6, 6.07) is 2.73. The van der Waals surface area contributed by atoms with Gasteiger partial charge in [0.25, 0.3) is 0 Å². The van der Waals surface area contributed by atoms with E-state index in [-0.39, 0.29) is 17.3 Å². The van der Waals surface area contributed by atoms with E-state index in [9.17, 15) is 12.8 Å². The van der Waals surface area contributed by atoms with E-state index in [0.29, 0.717) is 24.2 Å². The number of sulfonamides is 1. The minimum atomic E-state index is -3.61. The van der Waals surface area contributed by atoms with E-state index in [1.165, 1.54) is 12.1 Å². The van der Waals surface area contributed by atoms with Gasteiger partial charge in [-0.3, -0.25) is 0 Å². The van der Waals surface area contributed by atoms with Gasteiger partial charge in [-0.25, -0.2) is 17.5 Å². The fraction of sp³-hybridized carbons (Fsp3) is 0.538. The maximum absolute atomic E-state index is 13.9. The van der Waals surface area contributed by atoms with Gasteiger partial charge in [-0.2, -0.15) is 0 Å². The van der Waals surface area contributed by atoms with Crippen molar-refractivity contribution in [2.45, 2.75) is 18.4 Å². The molecule has 0 bridgehead atoms. The van der Waals surface area contributed by atoms with Crippen LogP contribution in [0.5, 0.6) is 0 Å². The maximum atomic E-state index is 13.9. The van der Waals surface area contributed by atoms with Gasteiger partial charge in [0.1, 0.15) is 5.82 Å². The van der Waals surface area contributed by atoms with Crippen LogP contribution in [0.25, 0.3) is 0 Å². The number of rotatable bonds is 7. The first-order chi connectivity index (χ1) is 9.27. The van der Waals surface area contributed by atoms with Crippen LogP contribution < -0.4 is 10.0 Å². The van der Waals surface area contributed by atoms with Crippen molar-refractivity contribution < 1.29 is 12.8 Å². The van der Waals surface area contributed by atoms with Crippen molar-refractivity contribution in [2.24, 2.45) is 0 Å². The monoisotopic (exact) mass is 303 g/mol. The van der Waals surface area contributed by atoms with Crippen LogP contribution in [0.4, 0.5) is 4.39 Å². The average Bonchev–Trinajstić information content (AvgIpc) is 2.34. The molecular weight excluding hydrogens is 281 g/mol. The predicted molar refractivity (Wildman–Crippen MR) is 77.6 cm³/mol. The Balaban J connectivity index is 3.00. The van der Waals surface area contributed by atoms with Gasteiger partial charge < -0.3 is 10.2 Å². The first kappa shape index (κ1) is 17.0. The number of nitrogens with one attached hydrogen (secondary N) is 2. The summed E-state index contributed by atoms with van der Waals surface area (Å²) >= 11 is 0. The molecule has 0 aromatic heterocycles. The van der Waals surface area contributed by atoms with E-state index in [2.05, 4.69) is 10.0 Å². The number of nitrogens with zero attached hydrogens (tertiary/aromatic N) is 1. The average molecular weight is 303 g/mol. The first-order valence-electron chi connectivity index (χ1n) is 6.36. The van der Waals surface area contributed by atoms with Crippen molar-refractivity contribution in [3.8, 4) is 0 Å². The van der Waals surface area contributed by atoms with Crippen LogP contribution in [0.15, 0.2) is 17.0 Å². The largest absolute Gasteiger partial charge is 0.316 e. The van der Waals surface area contributed by atoms with Crippen molar-refractivity contribution in [3.63, 3.8) is 0 Å². The molecule has 0 saturated carbocycles. The summed E-state index contributed by atoms with van der Waals surface area (Å²) in [7, 11) is 1.80. The molecule has 20 heavy (non-hydrogen) atoms. The highest BCUT2D eigenvalue weighted by molar-refractivity contribution is 7.89. The Morgan fingerprint density at radius 1 is 1.30 bits per heavy atom. The molecule has 2 N–H and O–H groups in total. The molecule has 1 rings (SSSR count). The number of benzene rings is 1. The number of hydrogen-bond acceptors (Lipinski definition) is 4. The molecular formula is C13H22FN3O2S. The standard InChI is InChI=1S/C13H22FN3O2S/c1-10-7-12(8-11(9-15-2)13(10)14)20(18,19)16-5-6-17(3)4/h7-8,15-16H,5-6,9H2,1-4H3. The molecule has 0 aliphatic carbocycles. The lowest BCUT2D eigenvalue weighted by molar-refractivity contribution is 0.412. The Labute approximate surface area is 120 Å². The summed E-state index contributed by atoms with van der Waals surface area (Å²) in [6.45, 7) is 2.76. The predicted octanol–water partition coefficient (Wildman–Crippen LogP) is 0.693. The molecule has 1 aromatic carbocycles. The minimum absolute atomic E-state index is 0.0976. The molecule has 0 aliphatic rings. The lowest BCUT2D eigenvalue weighted by atomic mass is 10.1. The number of halogens is 1. The molecule has 0 atom stereocenters. The summed E-state index contributed by atoms with van der Waals surface area (Å²) in [5, 5.41) is 2.83. The highest BCUT2D eigenvalue weighted by atomic mass is 32.2. The second kappa shape index (κ2) is 7.12. The summed E-state index contributed by atoms with van der Waals surface area (Å²) in [6.07, 6.45) is 0. The van der Waals surface area contributed by atoms with Crippen LogP contribution in [0.1, 0.15) is 11.1 Å². The molecule has 0 fully saturated rings. The number of hydrogen-bond donors (Lipinski definition) is 2. The van der Waals surface area contributed by atoms with E-state index >= 15 is 0 Å². The van der Waals surface area contributed by atoms with Crippen molar-refractivity contribution >= 4 is 10.0 Å². The Hall–Kier alpha value is -1.02. The highest BCUT2D eigenvalue weighted by Gasteiger charge is 2.17. The van der Waals surface area contributed by atoms with Gasteiger partial charge in [0.15, 0.2) is 0 Å². The van der Waals surface area contributed by atoms with Gasteiger partial charge in [0.05, 0.1) is 4.90 Å². The third-order valence-corrected chi connectivity index (χ3v) is 4.27. The molecule has 114 valence electrons. The molecule has 0 spiro atoms. The molecule has 0 amide bonds. The summed E-state index contributed by atoms with van der Waals surface area (Å²) in [5.41, 5.74) is 0.672. The van der Waals surface area contributed by atoms with Gasteiger partial charge in [0.2, 0.25) is 10.0 Å². The number of likely N-dealkylation sites (N-methyl/N-ethyl adjacent to an activating group) is 1. The van der Waals surface area contributed by atoms with Crippen LogP contribution in [-0.4, -0.2) is 47.6 Å². The van der Waals surface area contributed by atoms with E-state index in [4.69, 9.17) is 0 Å². The van der Waals surface area contributed by atoms with E-state index in [1.807, 2.05) is 19.0 Å². The molecule has 0 saturated heterocycles. The van der Waals surface area contributed by atoms with Gasteiger partial charge in [-0.05, 0) is 45.8 Å². The van der Waals surface area contributed by atoms with E-state index < -0.39 is 10.0 Å². The highest BCUT2D eigenvalue weighted by Crippen LogP contribution is 2.19. The fourth-order valence-corrected chi connectivity index (χ4v) is 2.92. The molecule has 0 heterocycles. The van der Waals surface area contributed by atoms with Crippen LogP contribution in [-0.2, 0) is 16.6 Å². The number of aryl methyl sites for hydroxylation is 1. The molecule has 7 heteroatoms. The van der Waals surface area contributed by atoms with Crippen LogP contribution in [0, 0.1) is 12.7 Å². The van der Waals surface area contributed by atoms with Gasteiger partial charge in [-0.15, -0.1) is 0 Å². The zero-order chi connectivity index (χ0) is 15.3. The SMILES string of the molecule is CNCc1cc(S(=O)(=O)NCCN(C)C)cc(C)c1F. The Bertz CT molecular complexity index is 559. The smallest absolute Gasteiger partial charge is 0.240 e. The summed E-state index contributed by atoms with van der Waals surface area (Å²) in [5.74, 6) is -0.369. The van der Waals surface area contributed by atoms with Crippen molar-refractivity contribution in [1.82, 2.24) is 14.9 Å². The van der Waals surface area contributed by atoms with E-state index in [1.54, 1.807) is 14.0 Å². The third-order valence-electron chi connectivity index (χ3n) is 2.83. The Morgan fingerprint density at radius 2 is 1.95 bits per heavy atom. The maximum Gasteiger partial charge on any atom is 0.240 e. The Kier molecular flexibility index (Phi) is 6.07. The molecule has 0 aliphatic heterocycles. The second-order valence-electron chi connectivity index (χ2n) is 4.94. The summed E-state index contributed by atoms with van der Waals surface area (Å²) < 4.78 is 40.7. The lowest BCUT2D eigenvalue weighted by Gasteiger charge is -2.13.